The van der Waals surface area contributed by atoms with Crippen molar-refractivity contribution in [3.8, 4) is 5.75 Å². The summed E-state index contributed by atoms with van der Waals surface area (Å²) in [4.78, 5) is 7.33. The van der Waals surface area contributed by atoms with E-state index in [0.29, 0.717) is 0 Å². The zero-order valence-electron chi connectivity index (χ0n) is 19.8. The molecule has 0 bridgehead atoms. The number of hydrogen-bond donors (Lipinski definition) is 2. The summed E-state index contributed by atoms with van der Waals surface area (Å²) in [6, 6.07) is 18.6. The SMILES string of the molecule is N[C@@H]1c2ccccc2OC12CCN(c1nc3[nH]nc(C4(c5ccccc5)CC4)c3c3nncn13)CC2. The molecule has 2 aromatic carbocycles. The third-order valence-electron chi connectivity index (χ3n) is 8.50. The lowest BCUT2D eigenvalue weighted by atomic mass is 9.83. The van der Waals surface area contributed by atoms with Crippen molar-refractivity contribution in [1.82, 2.24) is 29.8 Å². The van der Waals surface area contributed by atoms with Crippen LogP contribution < -0.4 is 15.4 Å². The molecule has 180 valence electrons. The van der Waals surface area contributed by atoms with Crippen molar-refractivity contribution in [3.63, 3.8) is 0 Å². The van der Waals surface area contributed by atoms with Crippen molar-refractivity contribution < 1.29 is 4.74 Å². The lowest BCUT2D eigenvalue weighted by Crippen LogP contribution is -2.52. The van der Waals surface area contributed by atoms with Crippen LogP contribution in [0, 0.1) is 0 Å². The molecule has 1 atom stereocenters. The monoisotopic (exact) mass is 478 g/mol. The van der Waals surface area contributed by atoms with E-state index in [2.05, 4.69) is 56.6 Å². The summed E-state index contributed by atoms with van der Waals surface area (Å²) in [5.41, 5.74) is 11.2. The van der Waals surface area contributed by atoms with Crippen LogP contribution in [0.15, 0.2) is 60.9 Å². The Balaban J connectivity index is 1.16. The lowest BCUT2D eigenvalue weighted by Gasteiger charge is -2.41. The number of nitrogens with zero attached hydrogens (tertiary/aromatic N) is 6. The molecule has 3 aromatic heterocycles. The summed E-state index contributed by atoms with van der Waals surface area (Å²) in [5.74, 6) is 1.73. The first-order valence-electron chi connectivity index (χ1n) is 12.6. The molecule has 1 saturated heterocycles. The normalized spacial score (nSPS) is 21.7. The first-order valence-corrected chi connectivity index (χ1v) is 12.6. The van der Waals surface area contributed by atoms with Crippen molar-refractivity contribution in [2.75, 3.05) is 18.0 Å². The minimum Gasteiger partial charge on any atom is -0.485 e. The van der Waals surface area contributed by atoms with Gasteiger partial charge in [-0.1, -0.05) is 48.5 Å². The zero-order valence-corrected chi connectivity index (χ0v) is 19.8. The number of nitrogens with one attached hydrogen (secondary N) is 1. The largest absolute Gasteiger partial charge is 0.485 e. The average Bonchev–Trinajstić information content (AvgIpc) is 3.25. The first kappa shape index (κ1) is 20.2. The number of aromatic amines is 1. The first-order chi connectivity index (χ1) is 17.7. The smallest absolute Gasteiger partial charge is 0.214 e. The van der Waals surface area contributed by atoms with E-state index in [9.17, 15) is 0 Å². The van der Waals surface area contributed by atoms with Gasteiger partial charge in [-0.25, -0.2) is 0 Å². The minimum atomic E-state index is -0.369. The molecule has 3 N–H and O–H groups in total. The summed E-state index contributed by atoms with van der Waals surface area (Å²) in [6.07, 6.45) is 5.52. The molecule has 2 aliphatic heterocycles. The fraction of sp³-hybridized carbons (Fsp3) is 0.333. The van der Waals surface area contributed by atoms with E-state index < -0.39 is 0 Å². The van der Waals surface area contributed by atoms with Crippen LogP contribution in [0.5, 0.6) is 5.75 Å². The highest BCUT2D eigenvalue weighted by atomic mass is 16.5. The van der Waals surface area contributed by atoms with Crippen molar-refractivity contribution in [2.24, 2.45) is 5.73 Å². The molecule has 5 heterocycles. The minimum absolute atomic E-state index is 0.0857. The van der Waals surface area contributed by atoms with E-state index in [4.69, 9.17) is 20.6 Å². The van der Waals surface area contributed by atoms with E-state index in [1.807, 2.05) is 22.6 Å². The molecule has 3 aliphatic rings. The maximum absolute atomic E-state index is 6.69. The summed E-state index contributed by atoms with van der Waals surface area (Å²) in [5, 5.41) is 17.8. The number of aromatic nitrogens is 6. The van der Waals surface area contributed by atoms with Crippen molar-refractivity contribution in [1.29, 1.82) is 0 Å². The van der Waals surface area contributed by atoms with E-state index in [0.717, 1.165) is 78.4 Å². The van der Waals surface area contributed by atoms with Gasteiger partial charge in [0, 0.05) is 36.9 Å². The maximum Gasteiger partial charge on any atom is 0.214 e. The molecule has 0 unspecified atom stereocenters. The number of ether oxygens (including phenoxy) is 1. The van der Waals surface area contributed by atoms with Crippen LogP contribution in [0.1, 0.15) is 48.5 Å². The molecule has 1 saturated carbocycles. The predicted molar refractivity (Wildman–Crippen MR) is 135 cm³/mol. The summed E-state index contributed by atoms with van der Waals surface area (Å²) in [7, 11) is 0. The van der Waals surface area contributed by atoms with Crippen LogP contribution in [0.2, 0.25) is 0 Å². The molecule has 9 nitrogen and oxygen atoms in total. The Kier molecular flexibility index (Phi) is 3.96. The van der Waals surface area contributed by atoms with E-state index in [-0.39, 0.29) is 17.1 Å². The third-order valence-corrected chi connectivity index (χ3v) is 8.50. The van der Waals surface area contributed by atoms with Gasteiger partial charge in [0.1, 0.15) is 17.7 Å². The molecular formula is C27H26N8O. The number of H-pyrrole nitrogens is 1. The molecule has 9 heteroatoms. The van der Waals surface area contributed by atoms with Gasteiger partial charge in [-0.2, -0.15) is 10.1 Å². The number of benzene rings is 2. The van der Waals surface area contributed by atoms with Crippen LogP contribution in [-0.2, 0) is 5.41 Å². The highest BCUT2D eigenvalue weighted by Crippen LogP contribution is 2.55. The number of nitrogens with two attached hydrogens (primary N) is 1. The van der Waals surface area contributed by atoms with Crippen LogP contribution >= 0.6 is 0 Å². The Morgan fingerprint density at radius 2 is 1.75 bits per heavy atom. The van der Waals surface area contributed by atoms with E-state index in [1.54, 1.807) is 6.33 Å². The third kappa shape index (κ3) is 2.63. The highest BCUT2D eigenvalue weighted by molar-refractivity contribution is 5.94. The molecule has 36 heavy (non-hydrogen) atoms. The number of piperidine rings is 1. The van der Waals surface area contributed by atoms with Gasteiger partial charge in [-0.15, -0.1) is 10.2 Å². The molecule has 1 aliphatic carbocycles. The summed E-state index contributed by atoms with van der Waals surface area (Å²) >= 11 is 0. The average molecular weight is 479 g/mol. The van der Waals surface area contributed by atoms with Gasteiger partial charge < -0.3 is 15.4 Å². The summed E-state index contributed by atoms with van der Waals surface area (Å²) < 4.78 is 8.45. The number of anilines is 1. The quantitative estimate of drug-likeness (QED) is 0.408. The lowest BCUT2D eigenvalue weighted by molar-refractivity contribution is 0.0429. The second-order valence-corrected chi connectivity index (χ2v) is 10.3. The Labute approximate surface area is 207 Å². The molecule has 5 aromatic rings. The molecule has 1 spiro atoms. The van der Waals surface area contributed by atoms with E-state index >= 15 is 0 Å². The maximum atomic E-state index is 6.69. The van der Waals surface area contributed by atoms with Crippen LogP contribution in [0.25, 0.3) is 16.7 Å². The standard InChI is InChI=1S/C27H26N8O/c28-21-18-8-4-5-9-19(18)36-27(21)12-14-34(15-13-27)25-30-23-20(24-33-29-16-35(24)25)22(31-32-23)26(10-11-26)17-6-2-1-3-7-17/h1-9,16,21H,10-15,28H2,(H,31,32)/t21-/m1/s1. The van der Waals surface area contributed by atoms with Gasteiger partial charge in [0.2, 0.25) is 5.95 Å². The van der Waals surface area contributed by atoms with Gasteiger partial charge >= 0.3 is 0 Å². The fourth-order valence-corrected chi connectivity index (χ4v) is 6.34. The van der Waals surface area contributed by atoms with E-state index in [1.165, 1.54) is 5.56 Å². The zero-order chi connectivity index (χ0) is 23.9. The fourth-order valence-electron chi connectivity index (χ4n) is 6.34. The Morgan fingerprint density at radius 1 is 0.972 bits per heavy atom. The highest BCUT2D eigenvalue weighted by Gasteiger charge is 2.50. The number of para-hydroxylation sites is 1. The predicted octanol–water partition coefficient (Wildman–Crippen LogP) is 3.51. The van der Waals surface area contributed by atoms with Crippen molar-refractivity contribution in [3.05, 3.63) is 77.7 Å². The molecule has 0 radical (unpaired) electrons. The van der Waals surface area contributed by atoms with Gasteiger partial charge in [0.05, 0.1) is 17.1 Å². The van der Waals surface area contributed by atoms with Crippen LogP contribution in [0.3, 0.4) is 0 Å². The Hall–Kier alpha value is -3.98. The molecular weight excluding hydrogens is 452 g/mol. The second kappa shape index (κ2) is 7.04. The Morgan fingerprint density at radius 3 is 2.53 bits per heavy atom. The van der Waals surface area contributed by atoms with Crippen molar-refractivity contribution in [2.45, 2.75) is 42.7 Å². The molecule has 8 rings (SSSR count). The topological polar surface area (TPSA) is 110 Å². The van der Waals surface area contributed by atoms with Gasteiger partial charge in [-0.3, -0.25) is 9.50 Å². The van der Waals surface area contributed by atoms with Crippen LogP contribution in [-0.4, -0.2) is 48.5 Å². The van der Waals surface area contributed by atoms with Gasteiger partial charge in [0.25, 0.3) is 0 Å². The molecule has 0 amide bonds. The van der Waals surface area contributed by atoms with Gasteiger partial charge in [0.15, 0.2) is 11.3 Å². The summed E-state index contributed by atoms with van der Waals surface area (Å²) in [6.45, 7) is 1.56. The Bertz CT molecular complexity index is 1610. The molecule has 2 fully saturated rings. The number of fused-ring (bicyclic) bond motifs is 4. The number of hydrogen-bond acceptors (Lipinski definition) is 7. The van der Waals surface area contributed by atoms with Crippen LogP contribution in [0.4, 0.5) is 5.95 Å². The second-order valence-electron chi connectivity index (χ2n) is 10.3. The number of rotatable bonds is 3. The van der Waals surface area contributed by atoms with Crippen molar-refractivity contribution >= 4 is 22.6 Å². The van der Waals surface area contributed by atoms with Gasteiger partial charge in [-0.05, 0) is 24.5 Å².